The summed E-state index contributed by atoms with van der Waals surface area (Å²) in [6, 6.07) is 1.91. The molecule has 0 radical (unpaired) electrons. The van der Waals surface area contributed by atoms with Crippen LogP contribution in [0.5, 0.6) is 0 Å². The number of aryl methyl sites for hydroxylation is 1. The summed E-state index contributed by atoms with van der Waals surface area (Å²) in [5.41, 5.74) is 0.471. The van der Waals surface area contributed by atoms with E-state index in [1.54, 1.807) is 0 Å². The molecule has 0 amide bonds. The lowest BCUT2D eigenvalue weighted by atomic mass is 9.91. The van der Waals surface area contributed by atoms with Crippen LogP contribution in [-0.2, 0) is 6.54 Å². The predicted molar refractivity (Wildman–Crippen MR) is 74.8 cm³/mol. The van der Waals surface area contributed by atoms with Crippen LogP contribution in [0.4, 0.5) is 0 Å². The van der Waals surface area contributed by atoms with Crippen LogP contribution < -0.4 is 0 Å². The normalized spacial score (nSPS) is 19.8. The molecule has 1 aliphatic rings. The molecule has 0 aliphatic carbocycles. The van der Waals surface area contributed by atoms with Gasteiger partial charge in [0.05, 0.1) is 12.1 Å². The van der Waals surface area contributed by atoms with Crippen molar-refractivity contribution in [3.8, 4) is 0 Å². The van der Waals surface area contributed by atoms with E-state index in [2.05, 4.69) is 19.8 Å². The Morgan fingerprint density at radius 2 is 2.05 bits per heavy atom. The molecule has 0 unspecified atom stereocenters. The van der Waals surface area contributed by atoms with E-state index in [1.165, 1.54) is 0 Å². The minimum atomic E-state index is -0.534. The third kappa shape index (κ3) is 4.23. The molecule has 2 heterocycles. The Balaban J connectivity index is 1.86. The summed E-state index contributed by atoms with van der Waals surface area (Å²) in [6.45, 7) is 5.31. The second-order valence-corrected chi connectivity index (χ2v) is 5.85. The van der Waals surface area contributed by atoms with E-state index in [1.807, 2.05) is 33.3 Å². The molecule has 2 rings (SSSR count). The highest BCUT2D eigenvalue weighted by Crippen LogP contribution is 2.23. The molecule has 5 heteroatoms. The summed E-state index contributed by atoms with van der Waals surface area (Å²) in [5, 5.41) is 10.5. The lowest BCUT2D eigenvalue weighted by Gasteiger charge is -2.39. The quantitative estimate of drug-likeness (QED) is 0.866. The molecule has 1 aromatic heterocycles. The van der Waals surface area contributed by atoms with Gasteiger partial charge in [-0.25, -0.2) is 9.97 Å². The molecule has 0 spiro atoms. The molecule has 1 saturated heterocycles. The lowest BCUT2D eigenvalue weighted by molar-refractivity contribution is -0.0392. The summed E-state index contributed by atoms with van der Waals surface area (Å²) >= 11 is 0. The second-order valence-electron chi connectivity index (χ2n) is 5.85. The number of hydrogen-bond donors (Lipinski definition) is 1. The van der Waals surface area contributed by atoms with Gasteiger partial charge in [0.2, 0.25) is 0 Å². The summed E-state index contributed by atoms with van der Waals surface area (Å²) in [6.07, 6.45) is 3.44. The number of aromatic nitrogens is 2. The van der Waals surface area contributed by atoms with Crippen molar-refractivity contribution in [3.05, 3.63) is 23.8 Å². The maximum atomic E-state index is 10.5. The molecule has 0 atom stereocenters. The van der Waals surface area contributed by atoms with Crippen molar-refractivity contribution in [2.75, 3.05) is 33.7 Å². The predicted octanol–water partition coefficient (Wildman–Crippen LogP) is 0.674. The van der Waals surface area contributed by atoms with E-state index >= 15 is 0 Å². The molecule has 19 heavy (non-hydrogen) atoms. The van der Waals surface area contributed by atoms with Gasteiger partial charge in [0.15, 0.2) is 0 Å². The minimum absolute atomic E-state index is 0.534. The van der Waals surface area contributed by atoms with E-state index in [0.29, 0.717) is 0 Å². The van der Waals surface area contributed by atoms with Gasteiger partial charge < -0.3 is 10.0 Å². The highest BCUT2D eigenvalue weighted by molar-refractivity contribution is 5.00. The van der Waals surface area contributed by atoms with Crippen molar-refractivity contribution in [3.63, 3.8) is 0 Å². The average Bonchev–Trinajstić information content (AvgIpc) is 2.31. The zero-order valence-electron chi connectivity index (χ0n) is 12.1. The number of rotatable bonds is 4. The smallest absolute Gasteiger partial charge is 0.142 e. The number of hydrogen-bond acceptors (Lipinski definition) is 5. The highest BCUT2D eigenvalue weighted by Gasteiger charge is 2.32. The highest BCUT2D eigenvalue weighted by atomic mass is 16.3. The van der Waals surface area contributed by atoms with E-state index in [9.17, 15) is 5.11 Å². The van der Waals surface area contributed by atoms with Crippen molar-refractivity contribution in [2.24, 2.45) is 0 Å². The Bertz CT molecular complexity index is 414. The van der Waals surface area contributed by atoms with Gasteiger partial charge in [0.25, 0.3) is 0 Å². The zero-order chi connectivity index (χ0) is 13.9. The standard InChI is InChI=1S/C14H24N4O/c1-12-4-7-15-13(16-12)10-18-8-5-14(19,6-9-18)11-17(2)3/h4,7,19H,5-6,8-11H2,1-3H3. The fourth-order valence-corrected chi connectivity index (χ4v) is 2.65. The lowest BCUT2D eigenvalue weighted by Crippen LogP contribution is -2.49. The fourth-order valence-electron chi connectivity index (χ4n) is 2.65. The van der Waals surface area contributed by atoms with Gasteiger partial charge in [-0.3, -0.25) is 4.90 Å². The summed E-state index contributed by atoms with van der Waals surface area (Å²) in [7, 11) is 4.01. The van der Waals surface area contributed by atoms with Crippen LogP contribution in [0.1, 0.15) is 24.4 Å². The molecule has 0 bridgehead atoms. The van der Waals surface area contributed by atoms with Gasteiger partial charge in [0, 0.05) is 31.5 Å². The molecule has 106 valence electrons. The third-order valence-corrected chi connectivity index (χ3v) is 3.61. The van der Waals surface area contributed by atoms with Crippen LogP contribution in [0.25, 0.3) is 0 Å². The number of likely N-dealkylation sites (tertiary alicyclic amines) is 1. The van der Waals surface area contributed by atoms with Gasteiger partial charge in [-0.2, -0.15) is 0 Å². The summed E-state index contributed by atoms with van der Waals surface area (Å²) in [4.78, 5) is 13.1. The first-order valence-corrected chi connectivity index (χ1v) is 6.85. The van der Waals surface area contributed by atoms with Crippen LogP contribution in [0.3, 0.4) is 0 Å². The molecular formula is C14H24N4O. The SMILES string of the molecule is Cc1ccnc(CN2CCC(O)(CN(C)C)CC2)n1. The Kier molecular flexibility index (Phi) is 4.50. The first kappa shape index (κ1) is 14.4. The van der Waals surface area contributed by atoms with Crippen molar-refractivity contribution in [1.29, 1.82) is 0 Å². The molecule has 1 aromatic rings. The van der Waals surface area contributed by atoms with Gasteiger partial charge in [-0.05, 0) is 39.9 Å². The van der Waals surface area contributed by atoms with Crippen molar-refractivity contribution >= 4 is 0 Å². The van der Waals surface area contributed by atoms with Gasteiger partial charge in [-0.1, -0.05) is 0 Å². The van der Waals surface area contributed by atoms with Crippen LogP contribution in [-0.4, -0.2) is 64.2 Å². The molecule has 1 N–H and O–H groups in total. The van der Waals surface area contributed by atoms with E-state index in [0.717, 1.165) is 50.5 Å². The molecule has 1 fully saturated rings. The van der Waals surface area contributed by atoms with Crippen molar-refractivity contribution in [2.45, 2.75) is 31.9 Å². The molecular weight excluding hydrogens is 240 g/mol. The summed E-state index contributed by atoms with van der Waals surface area (Å²) < 4.78 is 0. The maximum Gasteiger partial charge on any atom is 0.142 e. The topological polar surface area (TPSA) is 52.5 Å². The van der Waals surface area contributed by atoms with Gasteiger partial charge in [-0.15, -0.1) is 0 Å². The van der Waals surface area contributed by atoms with Crippen LogP contribution in [0, 0.1) is 6.92 Å². The molecule has 0 aromatic carbocycles. The number of aliphatic hydroxyl groups is 1. The van der Waals surface area contributed by atoms with E-state index < -0.39 is 5.60 Å². The van der Waals surface area contributed by atoms with E-state index in [-0.39, 0.29) is 0 Å². The third-order valence-electron chi connectivity index (χ3n) is 3.61. The monoisotopic (exact) mass is 264 g/mol. The summed E-state index contributed by atoms with van der Waals surface area (Å²) in [5.74, 6) is 0.873. The Hall–Kier alpha value is -1.04. The Labute approximate surface area is 115 Å². The van der Waals surface area contributed by atoms with Gasteiger partial charge in [0.1, 0.15) is 5.82 Å². The van der Waals surface area contributed by atoms with E-state index in [4.69, 9.17) is 0 Å². The largest absolute Gasteiger partial charge is 0.388 e. The first-order valence-electron chi connectivity index (χ1n) is 6.85. The molecule has 1 aliphatic heterocycles. The van der Waals surface area contributed by atoms with Crippen molar-refractivity contribution < 1.29 is 5.11 Å². The Morgan fingerprint density at radius 1 is 1.37 bits per heavy atom. The van der Waals surface area contributed by atoms with Crippen LogP contribution >= 0.6 is 0 Å². The van der Waals surface area contributed by atoms with Gasteiger partial charge >= 0.3 is 0 Å². The van der Waals surface area contributed by atoms with Crippen LogP contribution in [0.15, 0.2) is 12.3 Å². The molecule has 0 saturated carbocycles. The van der Waals surface area contributed by atoms with Crippen LogP contribution in [0.2, 0.25) is 0 Å². The maximum absolute atomic E-state index is 10.5. The average molecular weight is 264 g/mol. The first-order chi connectivity index (χ1) is 8.97. The Morgan fingerprint density at radius 3 is 2.63 bits per heavy atom. The fraction of sp³-hybridized carbons (Fsp3) is 0.714. The number of likely N-dealkylation sites (N-methyl/N-ethyl adjacent to an activating group) is 1. The van der Waals surface area contributed by atoms with Crippen molar-refractivity contribution in [1.82, 2.24) is 19.8 Å². The molecule has 5 nitrogen and oxygen atoms in total. The number of piperidine rings is 1. The zero-order valence-corrected chi connectivity index (χ0v) is 12.1. The second kappa shape index (κ2) is 5.94. The number of nitrogens with zero attached hydrogens (tertiary/aromatic N) is 4. The minimum Gasteiger partial charge on any atom is -0.388 e.